The second-order valence-electron chi connectivity index (χ2n) is 22.7. The van der Waals surface area contributed by atoms with Crippen LogP contribution >= 0.6 is 0 Å². The summed E-state index contributed by atoms with van der Waals surface area (Å²) in [6.45, 7) is -0.641. The molecule has 22 nitrogen and oxygen atoms in total. The van der Waals surface area contributed by atoms with Gasteiger partial charge in [-0.3, -0.25) is 10.6 Å². The number of hydrogen-bond acceptors (Lipinski definition) is 20. The molecule has 0 aliphatic heterocycles. The van der Waals surface area contributed by atoms with Crippen molar-refractivity contribution in [3.63, 3.8) is 0 Å². The molecule has 0 bridgehead atoms. The van der Waals surface area contributed by atoms with Crippen LogP contribution in [0.2, 0.25) is 0 Å². The Morgan fingerprint density at radius 2 is 0.648 bits per heavy atom. The summed E-state index contributed by atoms with van der Waals surface area (Å²) < 4.78 is 192. The average Bonchev–Trinajstić information content (AvgIpc) is 0.781. The highest BCUT2D eigenvalue weighted by atomic mass is 19.4. The largest absolute Gasteiger partial charge is 0.463 e. The number of rotatable bonds is 35. The number of unbranched alkanes of at least 4 members (excludes halogenated alkanes) is 6. The molecule has 0 spiro atoms. The Morgan fingerprint density at radius 3 is 0.971 bits per heavy atom. The Balaban J connectivity index is 0.000000378. The molecule has 0 saturated heterocycles. The van der Waals surface area contributed by atoms with Crippen molar-refractivity contribution in [1.29, 1.82) is 0 Å². The number of halogens is 12. The summed E-state index contributed by atoms with van der Waals surface area (Å²) in [6.07, 6.45) is -8.37. The van der Waals surface area contributed by atoms with Crippen LogP contribution < -0.4 is 43.0 Å². The van der Waals surface area contributed by atoms with E-state index in [1.54, 1.807) is 30.3 Å². The molecule has 0 fully saturated rings. The normalized spacial score (nSPS) is 11.7. The van der Waals surface area contributed by atoms with Gasteiger partial charge in [0.05, 0.1) is 61.9 Å². The molecular weight excluding hydrogens is 1420 g/mol. The summed E-state index contributed by atoms with van der Waals surface area (Å²) in [7, 11) is 0. The van der Waals surface area contributed by atoms with E-state index in [0.29, 0.717) is 65.1 Å². The first-order valence-electron chi connectivity index (χ1n) is 31.9. The van der Waals surface area contributed by atoms with Crippen LogP contribution in [0.25, 0.3) is 12.2 Å². The second-order valence-corrected chi connectivity index (χ2v) is 22.7. The maximum absolute atomic E-state index is 13.3. The van der Waals surface area contributed by atoms with Crippen LogP contribution in [0.5, 0.6) is 11.5 Å². The van der Waals surface area contributed by atoms with Crippen molar-refractivity contribution in [2.24, 2.45) is 0 Å². The van der Waals surface area contributed by atoms with Gasteiger partial charge in [-0.05, 0) is 197 Å². The first-order valence-corrected chi connectivity index (χ1v) is 31.9. The molecule has 0 aliphatic carbocycles. The molecule has 6 rings (SSSR count). The lowest BCUT2D eigenvalue weighted by atomic mass is 10.1. The van der Waals surface area contributed by atoms with Gasteiger partial charge in [0.1, 0.15) is 11.5 Å². The minimum absolute atomic E-state index is 0.0666. The van der Waals surface area contributed by atoms with Crippen LogP contribution in [0.15, 0.2) is 146 Å². The van der Waals surface area contributed by atoms with Crippen molar-refractivity contribution < 1.29 is 129 Å². The van der Waals surface area contributed by atoms with Crippen LogP contribution in [0.4, 0.5) is 96.4 Å². The third-order valence-electron chi connectivity index (χ3n) is 14.2. The summed E-state index contributed by atoms with van der Waals surface area (Å²) in [6, 6.07) is 31.9. The fourth-order valence-corrected chi connectivity index (χ4v) is 8.71. The number of ether oxygens (including phenoxy) is 8. The topological polar surface area (TPSA) is 339 Å². The van der Waals surface area contributed by atoms with Gasteiger partial charge in [0.15, 0.2) is 0 Å². The van der Waals surface area contributed by atoms with Gasteiger partial charge in [0.2, 0.25) is 0 Å². The molecule has 2 amide bonds. The maximum Gasteiger partial charge on any atom is 0.459 e. The molecule has 0 heterocycles. The van der Waals surface area contributed by atoms with Gasteiger partial charge in [-0.25, -0.2) is 38.4 Å². The van der Waals surface area contributed by atoms with Crippen molar-refractivity contribution in [2.75, 3.05) is 73.2 Å². The number of anilines is 6. The number of alkyl halides is 12. The molecule has 0 unspecified atom stereocenters. The summed E-state index contributed by atoms with van der Waals surface area (Å²) in [4.78, 5) is 96.9. The number of benzene rings is 6. The molecular formula is C71H72F12N6O16. The van der Waals surface area contributed by atoms with Crippen molar-refractivity contribution in [3.8, 4) is 11.5 Å². The van der Waals surface area contributed by atoms with Crippen LogP contribution in [0.1, 0.15) is 130 Å². The van der Waals surface area contributed by atoms with Crippen LogP contribution in [-0.4, -0.2) is 118 Å². The van der Waals surface area contributed by atoms with E-state index in [9.17, 15) is 91.0 Å². The number of esters is 6. The molecule has 0 aromatic heterocycles. The maximum atomic E-state index is 13.3. The minimum atomic E-state index is -6.45. The zero-order valence-electron chi connectivity index (χ0n) is 55.6. The number of carbonyl (C=O) groups excluding carboxylic acids is 8. The number of hydrogen-bond donors (Lipinski definition) is 6. The molecule has 105 heavy (non-hydrogen) atoms. The van der Waals surface area contributed by atoms with Gasteiger partial charge >= 0.3 is 78.1 Å². The van der Waals surface area contributed by atoms with Gasteiger partial charge in [0.25, 0.3) is 0 Å². The minimum Gasteiger partial charge on any atom is -0.463 e. The molecule has 0 atom stereocenters. The van der Waals surface area contributed by atoms with Gasteiger partial charge in [-0.15, -0.1) is 0 Å². The van der Waals surface area contributed by atoms with Gasteiger partial charge in [-0.2, -0.15) is 52.7 Å². The molecule has 566 valence electrons. The molecule has 0 radical (unpaired) electrons. The summed E-state index contributed by atoms with van der Waals surface area (Å²) in [5.41, 5.74) is 26.5. The second kappa shape index (κ2) is 40.4. The smallest absolute Gasteiger partial charge is 0.459 e. The third-order valence-corrected chi connectivity index (χ3v) is 14.2. The van der Waals surface area contributed by atoms with Crippen molar-refractivity contribution >= 4 is 94.3 Å². The highest BCUT2D eigenvalue weighted by molar-refractivity contribution is 5.95. The van der Waals surface area contributed by atoms with Gasteiger partial charge < -0.3 is 60.8 Å². The SMILES string of the molecule is Nc1cc(N)cc(C(=O)OCCCCCCOC(=O)C=Cc2ccc(OC(=O)c3ccc(NC(=O)OCCCC(F)(F)C(F)(F)C(F)(F)F)cc3)cc2)c1.Nc1cc(N)cc(C(=O)OCCCCCCOC(=O)C=Cc2ccc(OC(=O)c3ccc(NC(=O)OCCCC(F)(F)C(F)(F)F)cc3)cc2)c1. The monoisotopic (exact) mass is 1490 g/mol. The van der Waals surface area contributed by atoms with E-state index in [4.69, 9.17) is 51.4 Å². The Morgan fingerprint density at radius 1 is 0.333 bits per heavy atom. The van der Waals surface area contributed by atoms with Gasteiger partial charge in [0, 0.05) is 59.1 Å². The first-order chi connectivity index (χ1) is 49.5. The fraction of sp³-hybridized carbons (Fsp3) is 0.324. The zero-order chi connectivity index (χ0) is 77.4. The fourth-order valence-electron chi connectivity index (χ4n) is 8.71. The Kier molecular flexibility index (Phi) is 32.4. The van der Waals surface area contributed by atoms with E-state index in [2.05, 4.69) is 20.1 Å². The Bertz CT molecular complexity index is 3900. The van der Waals surface area contributed by atoms with Crippen LogP contribution in [0, 0.1) is 0 Å². The Labute approximate surface area is 592 Å². The van der Waals surface area contributed by atoms with Crippen molar-refractivity contribution in [3.05, 3.63) is 179 Å². The lowest BCUT2D eigenvalue weighted by Gasteiger charge is -2.28. The van der Waals surface area contributed by atoms with Crippen LogP contribution in [-0.2, 0) is 38.0 Å². The van der Waals surface area contributed by atoms with E-state index in [1.807, 2.05) is 0 Å². The number of amides is 2. The molecule has 6 aromatic rings. The lowest BCUT2D eigenvalue weighted by Crippen LogP contribution is -2.51. The first kappa shape index (κ1) is 84.2. The average molecular weight is 1490 g/mol. The number of nitrogens with two attached hydrogens (primary N) is 4. The van der Waals surface area contributed by atoms with Crippen molar-refractivity contribution in [2.45, 2.75) is 107 Å². The summed E-state index contributed by atoms with van der Waals surface area (Å²) in [5, 5.41) is 4.45. The van der Waals surface area contributed by atoms with E-state index >= 15 is 0 Å². The molecule has 0 saturated carbocycles. The highest BCUT2D eigenvalue weighted by Crippen LogP contribution is 2.48. The van der Waals surface area contributed by atoms with Crippen LogP contribution in [0.3, 0.4) is 0 Å². The number of nitrogen functional groups attached to an aromatic ring is 4. The van der Waals surface area contributed by atoms with Gasteiger partial charge in [-0.1, -0.05) is 24.3 Å². The zero-order valence-corrected chi connectivity index (χ0v) is 55.6. The van der Waals surface area contributed by atoms with E-state index < -0.39 is 117 Å². The van der Waals surface area contributed by atoms with E-state index in [1.165, 1.54) is 127 Å². The molecule has 10 N–H and O–H groups in total. The molecule has 0 aliphatic rings. The molecule has 6 aromatic carbocycles. The van der Waals surface area contributed by atoms with E-state index in [0.717, 1.165) is 25.7 Å². The lowest BCUT2D eigenvalue weighted by molar-refractivity contribution is -0.355. The number of carbonyl (C=O) groups is 8. The summed E-state index contributed by atoms with van der Waals surface area (Å²) in [5.74, 6) is -19.7. The number of nitrogens with one attached hydrogen (secondary N) is 2. The summed E-state index contributed by atoms with van der Waals surface area (Å²) >= 11 is 0. The van der Waals surface area contributed by atoms with E-state index in [-0.39, 0.29) is 66.0 Å². The Hall–Kier alpha value is -11.5. The highest BCUT2D eigenvalue weighted by Gasteiger charge is 2.72. The third kappa shape index (κ3) is 29.8. The quantitative estimate of drug-likeness (QED) is 0.00409. The predicted octanol–water partition coefficient (Wildman–Crippen LogP) is 15.8. The standard InChI is InChI=1S/C36H36F7N3O8.C35H36F5N3O8/c37-34(38,35(39,40)36(41,42)43)16-5-19-53-33(50)46-28-11-9-24(10-12-28)32(49)54-29-13-6-23(7-14-29)8-15-30(47)51-17-3-1-2-4-18-52-31(48)25-20-26(44)22-27(45)21-25;36-34(37,35(38,39)40)16-5-19-50-33(47)43-28-11-9-24(10-12-28)32(46)51-29-13-6-23(7-14-29)8-15-30(44)48-17-3-1-2-4-18-49-31(45)25-20-26(41)22-27(42)21-25/h6-15,20-22H,1-5,16-19,44-45H2,(H,46,50);6-15,20-22H,1-5,16-19,41-42H2,(H,43,47). The molecule has 34 heteroatoms. The van der Waals surface area contributed by atoms with Crippen molar-refractivity contribution in [1.82, 2.24) is 0 Å². The predicted molar refractivity (Wildman–Crippen MR) is 359 cm³/mol.